The second kappa shape index (κ2) is 8.20. The van der Waals surface area contributed by atoms with E-state index < -0.39 is 11.7 Å². The molecule has 0 atom stereocenters. The first-order chi connectivity index (χ1) is 13.0. The molecule has 0 bridgehead atoms. The SMILES string of the molecule is O=Cc1ccc(Oc2ccc(NC(=O)c3ccc(Cl)c(Cl)c3)cc2F)cc1. The quantitative estimate of drug-likeness (QED) is 0.532. The number of amides is 1. The third-order valence-corrected chi connectivity index (χ3v) is 4.35. The summed E-state index contributed by atoms with van der Waals surface area (Å²) in [6.07, 6.45) is 0.704. The summed E-state index contributed by atoms with van der Waals surface area (Å²) >= 11 is 11.7. The lowest BCUT2D eigenvalue weighted by atomic mass is 10.2. The molecule has 0 saturated heterocycles. The second-order valence-electron chi connectivity index (χ2n) is 5.52. The molecular weight excluding hydrogens is 392 g/mol. The van der Waals surface area contributed by atoms with Crippen LogP contribution >= 0.6 is 23.2 Å². The Bertz CT molecular complexity index is 1010. The highest BCUT2D eigenvalue weighted by atomic mass is 35.5. The Balaban J connectivity index is 1.72. The average Bonchev–Trinajstić information content (AvgIpc) is 2.66. The normalized spacial score (nSPS) is 10.3. The number of nitrogens with one attached hydrogen (secondary N) is 1. The number of halogens is 3. The van der Waals surface area contributed by atoms with Gasteiger partial charge in [-0.2, -0.15) is 0 Å². The second-order valence-corrected chi connectivity index (χ2v) is 6.33. The number of hydrogen-bond donors (Lipinski definition) is 1. The number of hydrogen-bond acceptors (Lipinski definition) is 3. The van der Waals surface area contributed by atoms with Crippen molar-refractivity contribution in [2.24, 2.45) is 0 Å². The van der Waals surface area contributed by atoms with Crippen molar-refractivity contribution in [2.45, 2.75) is 0 Å². The molecule has 3 aromatic rings. The van der Waals surface area contributed by atoms with Crippen molar-refractivity contribution in [3.05, 3.63) is 87.7 Å². The molecule has 0 aromatic heterocycles. The van der Waals surface area contributed by atoms with Crippen molar-refractivity contribution >= 4 is 41.1 Å². The van der Waals surface area contributed by atoms with Gasteiger partial charge in [-0.1, -0.05) is 23.2 Å². The molecule has 3 aromatic carbocycles. The van der Waals surface area contributed by atoms with Crippen LogP contribution in [0, 0.1) is 5.82 Å². The van der Waals surface area contributed by atoms with Crippen LogP contribution in [-0.4, -0.2) is 12.2 Å². The van der Waals surface area contributed by atoms with Gasteiger partial charge in [-0.05, 0) is 54.6 Å². The predicted molar refractivity (Wildman–Crippen MR) is 103 cm³/mol. The summed E-state index contributed by atoms with van der Waals surface area (Å²) < 4.78 is 19.7. The van der Waals surface area contributed by atoms with Crippen LogP contribution < -0.4 is 10.1 Å². The summed E-state index contributed by atoms with van der Waals surface area (Å²) in [5, 5.41) is 3.16. The summed E-state index contributed by atoms with van der Waals surface area (Å²) in [6, 6.07) is 14.7. The topological polar surface area (TPSA) is 55.4 Å². The van der Waals surface area contributed by atoms with Crippen LogP contribution in [0.2, 0.25) is 10.0 Å². The number of anilines is 1. The summed E-state index contributed by atoms with van der Waals surface area (Å²) in [5.74, 6) is -0.735. The van der Waals surface area contributed by atoms with E-state index in [4.69, 9.17) is 27.9 Å². The van der Waals surface area contributed by atoms with Crippen LogP contribution in [0.1, 0.15) is 20.7 Å². The van der Waals surface area contributed by atoms with Crippen molar-refractivity contribution in [2.75, 3.05) is 5.32 Å². The van der Waals surface area contributed by atoms with Crippen LogP contribution in [0.15, 0.2) is 60.7 Å². The predicted octanol–water partition coefficient (Wildman–Crippen LogP) is 5.99. The Morgan fingerprint density at radius 2 is 1.70 bits per heavy atom. The van der Waals surface area contributed by atoms with Crippen LogP contribution in [0.25, 0.3) is 0 Å². The van der Waals surface area contributed by atoms with Gasteiger partial charge in [-0.15, -0.1) is 0 Å². The molecule has 0 saturated carbocycles. The first-order valence-electron chi connectivity index (χ1n) is 7.75. The highest BCUT2D eigenvalue weighted by molar-refractivity contribution is 6.42. The Morgan fingerprint density at radius 3 is 2.33 bits per heavy atom. The molecule has 27 heavy (non-hydrogen) atoms. The molecule has 0 aliphatic carbocycles. The van der Waals surface area contributed by atoms with Gasteiger partial charge in [0, 0.05) is 22.9 Å². The van der Waals surface area contributed by atoms with E-state index in [9.17, 15) is 14.0 Å². The van der Waals surface area contributed by atoms with E-state index in [2.05, 4.69) is 5.32 Å². The maximum atomic E-state index is 14.3. The lowest BCUT2D eigenvalue weighted by molar-refractivity contribution is 0.102. The average molecular weight is 404 g/mol. The summed E-state index contributed by atoms with van der Waals surface area (Å²) in [5.41, 5.74) is 1.04. The highest BCUT2D eigenvalue weighted by Gasteiger charge is 2.11. The molecule has 0 unspecified atom stereocenters. The summed E-state index contributed by atoms with van der Waals surface area (Å²) in [6.45, 7) is 0. The monoisotopic (exact) mass is 403 g/mol. The minimum Gasteiger partial charge on any atom is -0.454 e. The minimum atomic E-state index is -0.651. The number of benzene rings is 3. The summed E-state index contributed by atoms with van der Waals surface area (Å²) in [4.78, 5) is 22.9. The number of aldehydes is 1. The van der Waals surface area contributed by atoms with Crippen LogP contribution in [-0.2, 0) is 0 Å². The van der Waals surface area contributed by atoms with E-state index >= 15 is 0 Å². The van der Waals surface area contributed by atoms with Gasteiger partial charge >= 0.3 is 0 Å². The van der Waals surface area contributed by atoms with Crippen molar-refractivity contribution in [1.82, 2.24) is 0 Å². The van der Waals surface area contributed by atoms with E-state index in [-0.39, 0.29) is 16.5 Å². The smallest absolute Gasteiger partial charge is 0.255 e. The number of carbonyl (C=O) groups excluding carboxylic acids is 2. The van der Waals surface area contributed by atoms with E-state index in [1.54, 1.807) is 24.3 Å². The molecule has 4 nitrogen and oxygen atoms in total. The van der Waals surface area contributed by atoms with Crippen molar-refractivity contribution in [3.8, 4) is 11.5 Å². The fourth-order valence-corrected chi connectivity index (χ4v) is 2.54. The van der Waals surface area contributed by atoms with Gasteiger partial charge in [0.05, 0.1) is 10.0 Å². The lowest BCUT2D eigenvalue weighted by Gasteiger charge is -2.10. The lowest BCUT2D eigenvalue weighted by Crippen LogP contribution is -2.12. The Labute approximate surface area is 164 Å². The van der Waals surface area contributed by atoms with Gasteiger partial charge in [-0.25, -0.2) is 4.39 Å². The number of carbonyl (C=O) groups is 2. The van der Waals surface area contributed by atoms with Crippen LogP contribution in [0.4, 0.5) is 10.1 Å². The Hall–Kier alpha value is -2.89. The van der Waals surface area contributed by atoms with Gasteiger partial charge in [0.25, 0.3) is 5.91 Å². The van der Waals surface area contributed by atoms with Gasteiger partial charge < -0.3 is 10.1 Å². The molecule has 0 fully saturated rings. The summed E-state index contributed by atoms with van der Waals surface area (Å²) in [7, 11) is 0. The molecular formula is C20H12Cl2FNO3. The van der Waals surface area contributed by atoms with Crippen molar-refractivity contribution < 1.29 is 18.7 Å². The largest absolute Gasteiger partial charge is 0.454 e. The molecule has 0 heterocycles. The van der Waals surface area contributed by atoms with Crippen molar-refractivity contribution in [1.29, 1.82) is 0 Å². The molecule has 1 amide bonds. The Kier molecular flexibility index (Phi) is 5.74. The van der Waals surface area contributed by atoms with Gasteiger partial charge in [0.15, 0.2) is 11.6 Å². The van der Waals surface area contributed by atoms with E-state index in [0.29, 0.717) is 28.2 Å². The maximum absolute atomic E-state index is 14.3. The fourth-order valence-electron chi connectivity index (χ4n) is 2.24. The molecule has 3 rings (SSSR count). The van der Waals surface area contributed by atoms with Crippen LogP contribution in [0.3, 0.4) is 0 Å². The molecule has 7 heteroatoms. The zero-order valence-corrected chi connectivity index (χ0v) is 15.2. The zero-order valence-electron chi connectivity index (χ0n) is 13.7. The van der Waals surface area contributed by atoms with E-state index in [1.165, 1.54) is 30.3 Å². The van der Waals surface area contributed by atoms with Gasteiger partial charge in [0.1, 0.15) is 12.0 Å². The van der Waals surface area contributed by atoms with Gasteiger partial charge in [0.2, 0.25) is 0 Å². The van der Waals surface area contributed by atoms with E-state index in [1.807, 2.05) is 0 Å². The highest BCUT2D eigenvalue weighted by Crippen LogP contribution is 2.27. The first kappa shape index (κ1) is 18.9. The van der Waals surface area contributed by atoms with Crippen molar-refractivity contribution in [3.63, 3.8) is 0 Å². The minimum absolute atomic E-state index is 0.0126. The molecule has 0 aliphatic heterocycles. The Morgan fingerprint density at radius 1 is 0.963 bits per heavy atom. The number of rotatable bonds is 5. The third-order valence-electron chi connectivity index (χ3n) is 3.62. The molecule has 1 N–H and O–H groups in total. The molecule has 0 radical (unpaired) electrons. The third kappa shape index (κ3) is 4.64. The molecule has 0 aliphatic rings. The standard InChI is InChI=1S/C20H12Cl2FNO3/c21-16-7-3-13(9-17(16)22)20(26)24-14-4-8-19(18(23)10-14)27-15-5-1-12(11-25)2-6-15/h1-11H,(H,24,26). The van der Waals surface area contributed by atoms with Crippen LogP contribution in [0.5, 0.6) is 11.5 Å². The molecule has 136 valence electrons. The molecule has 0 spiro atoms. The van der Waals surface area contributed by atoms with Gasteiger partial charge in [-0.3, -0.25) is 9.59 Å². The zero-order chi connectivity index (χ0) is 19.4. The first-order valence-corrected chi connectivity index (χ1v) is 8.51. The fraction of sp³-hybridized carbons (Fsp3) is 0. The number of ether oxygens (including phenoxy) is 1. The maximum Gasteiger partial charge on any atom is 0.255 e. The van der Waals surface area contributed by atoms with E-state index in [0.717, 1.165) is 6.07 Å².